The Morgan fingerprint density at radius 3 is 2.71 bits per heavy atom. The van der Waals surface area contributed by atoms with Gasteiger partial charge in [-0.3, -0.25) is 9.69 Å². The number of methoxy groups -OCH3 is 1. The monoisotopic (exact) mass is 297 g/mol. The van der Waals surface area contributed by atoms with Crippen LogP contribution in [0.4, 0.5) is 4.39 Å². The van der Waals surface area contributed by atoms with Gasteiger partial charge in [0.2, 0.25) is 0 Å². The zero-order valence-electron chi connectivity index (χ0n) is 12.9. The third-order valence-corrected chi connectivity index (χ3v) is 3.27. The highest BCUT2D eigenvalue weighted by molar-refractivity contribution is 5.69. The van der Waals surface area contributed by atoms with E-state index in [0.717, 1.165) is 18.5 Å². The number of aliphatic carboxylic acids is 1. The van der Waals surface area contributed by atoms with E-state index < -0.39 is 5.97 Å². The molecule has 1 unspecified atom stereocenters. The maximum Gasteiger partial charge on any atom is 0.317 e. The molecule has 118 valence electrons. The van der Waals surface area contributed by atoms with Gasteiger partial charge in [-0.1, -0.05) is 19.9 Å². The number of benzene rings is 1. The number of halogens is 1. The minimum atomic E-state index is -0.814. The van der Waals surface area contributed by atoms with Gasteiger partial charge < -0.3 is 9.84 Å². The van der Waals surface area contributed by atoms with Crippen LogP contribution in [-0.4, -0.2) is 42.7 Å². The van der Waals surface area contributed by atoms with Crippen LogP contribution in [-0.2, 0) is 11.2 Å². The smallest absolute Gasteiger partial charge is 0.317 e. The normalized spacial score (nSPS) is 12.4. The van der Waals surface area contributed by atoms with E-state index in [1.54, 1.807) is 6.07 Å². The maximum atomic E-state index is 13.6. The van der Waals surface area contributed by atoms with Crippen LogP contribution in [0.15, 0.2) is 18.2 Å². The molecule has 1 aromatic rings. The Morgan fingerprint density at radius 1 is 1.48 bits per heavy atom. The van der Waals surface area contributed by atoms with E-state index in [2.05, 4.69) is 0 Å². The van der Waals surface area contributed by atoms with E-state index in [1.807, 2.05) is 24.8 Å². The van der Waals surface area contributed by atoms with E-state index in [4.69, 9.17) is 9.84 Å². The Balaban J connectivity index is 2.60. The molecule has 5 heteroatoms. The van der Waals surface area contributed by atoms with Gasteiger partial charge in [-0.15, -0.1) is 0 Å². The van der Waals surface area contributed by atoms with Gasteiger partial charge >= 0.3 is 5.97 Å². The first kappa shape index (κ1) is 17.4. The molecule has 0 aliphatic heterocycles. The summed E-state index contributed by atoms with van der Waals surface area (Å²) in [5.41, 5.74) is 0.896. The van der Waals surface area contributed by atoms with Crippen molar-refractivity contribution in [3.63, 3.8) is 0 Å². The molecule has 0 spiro atoms. The first-order valence-electron chi connectivity index (χ1n) is 7.22. The van der Waals surface area contributed by atoms with Crippen LogP contribution in [0.5, 0.6) is 5.75 Å². The Morgan fingerprint density at radius 2 is 2.19 bits per heavy atom. The SMILES string of the molecule is CCCN(CC(=O)O)CC(C)Cc1ccc(OC)c(F)c1. The number of carboxylic acids is 1. The van der Waals surface area contributed by atoms with Crippen molar-refractivity contribution in [2.75, 3.05) is 26.7 Å². The predicted molar refractivity (Wildman–Crippen MR) is 80.2 cm³/mol. The van der Waals surface area contributed by atoms with E-state index in [9.17, 15) is 9.18 Å². The number of hydrogen-bond acceptors (Lipinski definition) is 3. The number of hydrogen-bond donors (Lipinski definition) is 1. The standard InChI is InChI=1S/C16H24FNO3/c1-4-7-18(11-16(19)20)10-12(2)8-13-5-6-15(21-3)14(17)9-13/h5-6,9,12H,4,7-8,10-11H2,1-3H3,(H,19,20). The Kier molecular flexibility index (Phi) is 7.15. The fraction of sp³-hybridized carbons (Fsp3) is 0.562. The molecule has 0 aliphatic rings. The van der Waals surface area contributed by atoms with Crippen LogP contribution >= 0.6 is 0 Å². The molecule has 0 saturated heterocycles. The molecule has 0 amide bonds. The predicted octanol–water partition coefficient (Wildman–Crippen LogP) is 2.81. The van der Waals surface area contributed by atoms with Crippen molar-refractivity contribution < 1.29 is 19.0 Å². The fourth-order valence-electron chi connectivity index (χ4n) is 2.49. The van der Waals surface area contributed by atoms with E-state index in [-0.39, 0.29) is 24.0 Å². The molecule has 1 N–H and O–H groups in total. The summed E-state index contributed by atoms with van der Waals surface area (Å²) in [6.45, 7) is 5.57. The zero-order chi connectivity index (χ0) is 15.8. The van der Waals surface area contributed by atoms with Crippen molar-refractivity contribution in [2.24, 2.45) is 5.92 Å². The van der Waals surface area contributed by atoms with Gasteiger partial charge in [-0.2, -0.15) is 0 Å². The Hall–Kier alpha value is -1.62. The zero-order valence-corrected chi connectivity index (χ0v) is 12.9. The Bertz CT molecular complexity index is 465. The molecule has 0 aliphatic carbocycles. The third-order valence-electron chi connectivity index (χ3n) is 3.27. The average Bonchev–Trinajstić information content (AvgIpc) is 2.38. The van der Waals surface area contributed by atoms with Gasteiger partial charge in [-0.05, 0) is 43.0 Å². The summed E-state index contributed by atoms with van der Waals surface area (Å²) >= 11 is 0. The number of ether oxygens (including phenoxy) is 1. The summed E-state index contributed by atoms with van der Waals surface area (Å²) in [7, 11) is 1.44. The lowest BCUT2D eigenvalue weighted by Crippen LogP contribution is -2.34. The van der Waals surface area contributed by atoms with Gasteiger partial charge in [0.25, 0.3) is 0 Å². The fourth-order valence-corrected chi connectivity index (χ4v) is 2.49. The highest BCUT2D eigenvalue weighted by Gasteiger charge is 2.14. The second kappa shape index (κ2) is 8.62. The summed E-state index contributed by atoms with van der Waals surface area (Å²) in [6.07, 6.45) is 1.62. The number of nitrogens with zero attached hydrogens (tertiary/aromatic N) is 1. The average molecular weight is 297 g/mol. The highest BCUT2D eigenvalue weighted by atomic mass is 19.1. The molecule has 0 fully saturated rings. The van der Waals surface area contributed by atoms with Crippen molar-refractivity contribution in [1.82, 2.24) is 4.90 Å². The maximum absolute atomic E-state index is 13.6. The summed E-state index contributed by atoms with van der Waals surface area (Å²) in [5, 5.41) is 8.90. The molecule has 0 saturated carbocycles. The lowest BCUT2D eigenvalue weighted by molar-refractivity contribution is -0.138. The van der Waals surface area contributed by atoms with Crippen LogP contribution in [0.2, 0.25) is 0 Å². The van der Waals surface area contributed by atoms with E-state index in [1.165, 1.54) is 13.2 Å². The molecular formula is C16H24FNO3. The molecule has 4 nitrogen and oxygen atoms in total. The minimum absolute atomic E-state index is 0.0507. The van der Waals surface area contributed by atoms with Crippen LogP contribution < -0.4 is 4.74 Å². The summed E-state index contributed by atoms with van der Waals surface area (Å²) < 4.78 is 18.5. The Labute approximate surface area is 125 Å². The molecule has 0 aromatic heterocycles. The van der Waals surface area contributed by atoms with Crippen molar-refractivity contribution in [3.05, 3.63) is 29.6 Å². The van der Waals surface area contributed by atoms with Crippen LogP contribution in [0.3, 0.4) is 0 Å². The second-order valence-corrected chi connectivity index (χ2v) is 5.41. The van der Waals surface area contributed by atoms with Gasteiger partial charge in [0.1, 0.15) is 0 Å². The number of carboxylic acid groups (broad SMARTS) is 1. The van der Waals surface area contributed by atoms with Gasteiger partial charge in [-0.25, -0.2) is 4.39 Å². The molecule has 1 aromatic carbocycles. The third kappa shape index (κ3) is 6.12. The lowest BCUT2D eigenvalue weighted by Gasteiger charge is -2.23. The van der Waals surface area contributed by atoms with Crippen molar-refractivity contribution in [2.45, 2.75) is 26.7 Å². The molecule has 0 heterocycles. The van der Waals surface area contributed by atoms with Crippen LogP contribution in [0, 0.1) is 11.7 Å². The van der Waals surface area contributed by atoms with E-state index in [0.29, 0.717) is 13.0 Å². The number of rotatable bonds is 9. The summed E-state index contributed by atoms with van der Waals surface area (Å²) in [6, 6.07) is 4.95. The molecule has 21 heavy (non-hydrogen) atoms. The van der Waals surface area contributed by atoms with Crippen LogP contribution in [0.1, 0.15) is 25.8 Å². The molecule has 0 bridgehead atoms. The molecular weight excluding hydrogens is 273 g/mol. The molecule has 1 atom stereocenters. The second-order valence-electron chi connectivity index (χ2n) is 5.41. The summed E-state index contributed by atoms with van der Waals surface area (Å²) in [4.78, 5) is 12.8. The van der Waals surface area contributed by atoms with Crippen LogP contribution in [0.25, 0.3) is 0 Å². The largest absolute Gasteiger partial charge is 0.494 e. The topological polar surface area (TPSA) is 49.8 Å². The van der Waals surface area contributed by atoms with Gasteiger partial charge in [0.15, 0.2) is 11.6 Å². The number of carbonyl (C=O) groups is 1. The van der Waals surface area contributed by atoms with E-state index >= 15 is 0 Å². The van der Waals surface area contributed by atoms with Gasteiger partial charge in [0.05, 0.1) is 13.7 Å². The highest BCUT2D eigenvalue weighted by Crippen LogP contribution is 2.20. The molecule has 1 rings (SSSR count). The van der Waals surface area contributed by atoms with Crippen molar-refractivity contribution in [1.29, 1.82) is 0 Å². The van der Waals surface area contributed by atoms with Crippen molar-refractivity contribution in [3.8, 4) is 5.75 Å². The first-order chi connectivity index (χ1) is 9.96. The minimum Gasteiger partial charge on any atom is -0.494 e. The summed E-state index contributed by atoms with van der Waals surface area (Å²) in [5.74, 6) is -0.683. The quantitative estimate of drug-likeness (QED) is 0.761. The van der Waals surface area contributed by atoms with Gasteiger partial charge in [0, 0.05) is 6.54 Å². The first-order valence-corrected chi connectivity index (χ1v) is 7.22. The molecule has 0 radical (unpaired) electrons. The van der Waals surface area contributed by atoms with Crippen molar-refractivity contribution >= 4 is 5.97 Å². The lowest BCUT2D eigenvalue weighted by atomic mass is 10.00.